The zero-order valence-corrected chi connectivity index (χ0v) is 17.0. The highest BCUT2D eigenvalue weighted by atomic mass is 79.9. The number of nitrogens with one attached hydrogen (secondary N) is 1. The van der Waals surface area contributed by atoms with Crippen molar-refractivity contribution in [3.05, 3.63) is 63.2 Å². The van der Waals surface area contributed by atoms with Crippen molar-refractivity contribution in [2.75, 3.05) is 11.9 Å². The average molecular weight is 456 g/mol. The quantitative estimate of drug-likeness (QED) is 0.505. The van der Waals surface area contributed by atoms with Gasteiger partial charge in [0.15, 0.2) is 0 Å². The number of anilines is 1. The number of nitrogens with zero attached hydrogens (tertiary/aromatic N) is 4. The molecule has 0 saturated heterocycles. The Balaban J connectivity index is 1.54. The van der Waals surface area contributed by atoms with E-state index in [1.54, 1.807) is 0 Å². The van der Waals surface area contributed by atoms with Gasteiger partial charge in [0.2, 0.25) is 0 Å². The van der Waals surface area contributed by atoms with E-state index < -0.39 is 0 Å². The molecule has 5 rings (SSSR count). The van der Waals surface area contributed by atoms with Crippen LogP contribution in [0, 0.1) is 0 Å². The normalized spacial score (nSPS) is 13.5. The van der Waals surface area contributed by atoms with Gasteiger partial charge in [-0.3, -0.25) is 4.79 Å². The molecule has 7 nitrogen and oxygen atoms in total. The number of thiophene rings is 1. The zero-order valence-electron chi connectivity index (χ0n) is 14.6. The lowest BCUT2D eigenvalue weighted by atomic mass is 10.0. The van der Waals surface area contributed by atoms with E-state index in [1.165, 1.54) is 22.3 Å². The van der Waals surface area contributed by atoms with Gasteiger partial charge in [0.1, 0.15) is 11.3 Å². The predicted molar refractivity (Wildman–Crippen MR) is 110 cm³/mol. The molecule has 28 heavy (non-hydrogen) atoms. The zero-order chi connectivity index (χ0) is 19.1. The molecule has 1 N–H and O–H groups in total. The van der Waals surface area contributed by atoms with Crippen molar-refractivity contribution in [3.63, 3.8) is 0 Å². The van der Waals surface area contributed by atoms with Crippen molar-refractivity contribution < 1.29 is 9.53 Å². The van der Waals surface area contributed by atoms with Gasteiger partial charge >= 0.3 is 0 Å². The molecule has 2 aromatic carbocycles. The molecule has 0 unspecified atom stereocenters. The van der Waals surface area contributed by atoms with E-state index >= 15 is 0 Å². The summed E-state index contributed by atoms with van der Waals surface area (Å²) in [5.74, 6) is -0.167. The van der Waals surface area contributed by atoms with Crippen LogP contribution in [0.25, 0.3) is 15.8 Å². The van der Waals surface area contributed by atoms with E-state index in [2.05, 4.69) is 36.8 Å². The molecule has 1 amide bonds. The Labute approximate surface area is 172 Å². The monoisotopic (exact) mass is 455 g/mol. The number of rotatable bonds is 3. The van der Waals surface area contributed by atoms with Crippen molar-refractivity contribution in [2.24, 2.45) is 0 Å². The molecule has 0 bridgehead atoms. The number of hydrogen-bond acceptors (Lipinski definition) is 6. The first-order valence-electron chi connectivity index (χ1n) is 8.66. The lowest BCUT2D eigenvalue weighted by Gasteiger charge is -2.14. The summed E-state index contributed by atoms with van der Waals surface area (Å²) in [5, 5.41) is 17.3. The number of ether oxygens (including phenoxy) is 1. The molecule has 0 atom stereocenters. The summed E-state index contributed by atoms with van der Waals surface area (Å²) in [5.41, 5.74) is 2.37. The third-order valence-electron chi connectivity index (χ3n) is 4.67. The second kappa shape index (κ2) is 7.08. The number of benzene rings is 2. The third-order valence-corrected chi connectivity index (χ3v) is 6.56. The maximum Gasteiger partial charge on any atom is 0.259 e. The molecule has 1 aliphatic heterocycles. The summed E-state index contributed by atoms with van der Waals surface area (Å²) in [6.07, 6.45) is 2.20. The van der Waals surface area contributed by atoms with Gasteiger partial charge in [-0.15, -0.1) is 16.4 Å². The van der Waals surface area contributed by atoms with E-state index in [4.69, 9.17) is 4.74 Å². The standard InChI is InChI=1S/C19H14BrN5O2S/c20-15-3-1-2-11-8-12(4-5-13(11)15)22-18(26)17-14-6-7-27-9-16(14)28-19(17)25-10-21-23-24-25/h1-5,8,10H,6-7,9H2,(H,22,26). The Morgan fingerprint density at radius 2 is 2.21 bits per heavy atom. The van der Waals surface area contributed by atoms with Crippen LogP contribution in [0.2, 0.25) is 0 Å². The largest absolute Gasteiger partial charge is 0.376 e. The van der Waals surface area contributed by atoms with Gasteiger partial charge in [0.25, 0.3) is 5.91 Å². The van der Waals surface area contributed by atoms with Crippen LogP contribution in [0.1, 0.15) is 20.8 Å². The van der Waals surface area contributed by atoms with E-state index in [0.29, 0.717) is 30.2 Å². The summed E-state index contributed by atoms with van der Waals surface area (Å²) < 4.78 is 8.11. The van der Waals surface area contributed by atoms with E-state index in [0.717, 1.165) is 31.4 Å². The fourth-order valence-electron chi connectivity index (χ4n) is 3.38. The van der Waals surface area contributed by atoms with Gasteiger partial charge in [0.05, 0.1) is 18.8 Å². The second-order valence-corrected chi connectivity index (χ2v) is 8.31. The summed E-state index contributed by atoms with van der Waals surface area (Å²) in [4.78, 5) is 14.3. The van der Waals surface area contributed by atoms with Crippen LogP contribution in [0.15, 0.2) is 47.2 Å². The SMILES string of the molecule is O=C(Nc1ccc2c(Br)cccc2c1)c1c(-n2cnnn2)sc2c1CCOC2. The van der Waals surface area contributed by atoms with Crippen LogP contribution in [-0.2, 0) is 17.8 Å². The maximum absolute atomic E-state index is 13.2. The van der Waals surface area contributed by atoms with Crippen molar-refractivity contribution in [2.45, 2.75) is 13.0 Å². The first kappa shape index (κ1) is 17.5. The maximum atomic E-state index is 13.2. The van der Waals surface area contributed by atoms with Crippen LogP contribution in [0.4, 0.5) is 5.69 Å². The molecule has 0 fully saturated rings. The van der Waals surface area contributed by atoms with Gasteiger partial charge in [-0.05, 0) is 51.4 Å². The molecule has 140 valence electrons. The molecule has 3 heterocycles. The van der Waals surface area contributed by atoms with Crippen LogP contribution >= 0.6 is 27.3 Å². The van der Waals surface area contributed by atoms with Crippen LogP contribution < -0.4 is 5.32 Å². The number of fused-ring (bicyclic) bond motifs is 2. The van der Waals surface area contributed by atoms with Gasteiger partial charge in [-0.1, -0.05) is 34.1 Å². The van der Waals surface area contributed by atoms with Crippen LogP contribution in [0.3, 0.4) is 0 Å². The number of hydrogen-bond donors (Lipinski definition) is 1. The Morgan fingerprint density at radius 1 is 1.29 bits per heavy atom. The highest BCUT2D eigenvalue weighted by Crippen LogP contribution is 2.35. The number of halogens is 1. The first-order valence-corrected chi connectivity index (χ1v) is 10.3. The number of carbonyl (C=O) groups is 1. The lowest BCUT2D eigenvalue weighted by molar-refractivity contribution is 0.101. The molecule has 2 aromatic heterocycles. The second-order valence-electron chi connectivity index (χ2n) is 6.37. The molecule has 4 aromatic rings. The summed E-state index contributed by atoms with van der Waals surface area (Å²) in [7, 11) is 0. The highest BCUT2D eigenvalue weighted by Gasteiger charge is 2.27. The number of tetrazole rings is 1. The van der Waals surface area contributed by atoms with Crippen molar-refractivity contribution >= 4 is 49.6 Å². The minimum atomic E-state index is -0.167. The smallest absolute Gasteiger partial charge is 0.259 e. The summed E-state index contributed by atoms with van der Waals surface area (Å²) in [6, 6.07) is 11.9. The molecule has 0 radical (unpaired) electrons. The molecule has 0 saturated carbocycles. The first-order chi connectivity index (χ1) is 13.7. The molecular weight excluding hydrogens is 442 g/mol. The minimum Gasteiger partial charge on any atom is -0.376 e. The van der Waals surface area contributed by atoms with E-state index in [9.17, 15) is 4.79 Å². The van der Waals surface area contributed by atoms with Crippen LogP contribution in [-0.4, -0.2) is 32.7 Å². The molecule has 1 aliphatic rings. The fraction of sp³-hybridized carbons (Fsp3) is 0.158. The summed E-state index contributed by atoms with van der Waals surface area (Å²) in [6.45, 7) is 1.11. The fourth-order valence-corrected chi connectivity index (χ4v) is 5.10. The van der Waals surface area contributed by atoms with Gasteiger partial charge in [-0.2, -0.15) is 4.68 Å². The highest BCUT2D eigenvalue weighted by molar-refractivity contribution is 9.10. The number of carbonyl (C=O) groups excluding carboxylic acids is 1. The van der Waals surface area contributed by atoms with Crippen molar-refractivity contribution in [1.82, 2.24) is 20.2 Å². The Bertz CT molecular complexity index is 1190. The topological polar surface area (TPSA) is 81.9 Å². The third kappa shape index (κ3) is 3.01. The predicted octanol–water partition coefficient (Wildman–Crippen LogP) is 3.96. The molecule has 9 heteroatoms. The molecule has 0 aliphatic carbocycles. The van der Waals surface area contributed by atoms with Gasteiger partial charge in [0, 0.05) is 15.0 Å². The average Bonchev–Trinajstić information content (AvgIpc) is 3.35. The Kier molecular flexibility index (Phi) is 4.42. The minimum absolute atomic E-state index is 0.167. The number of amides is 1. The van der Waals surface area contributed by atoms with E-state index in [1.807, 2.05) is 36.4 Å². The number of aromatic nitrogens is 4. The Morgan fingerprint density at radius 3 is 3.07 bits per heavy atom. The molecular formula is C19H14BrN5O2S. The van der Waals surface area contributed by atoms with Crippen LogP contribution in [0.5, 0.6) is 0 Å². The van der Waals surface area contributed by atoms with Gasteiger partial charge in [-0.25, -0.2) is 0 Å². The van der Waals surface area contributed by atoms with Crippen molar-refractivity contribution in [3.8, 4) is 5.00 Å². The molecule has 0 spiro atoms. The Hall–Kier alpha value is -2.62. The summed E-state index contributed by atoms with van der Waals surface area (Å²) >= 11 is 5.05. The van der Waals surface area contributed by atoms with Gasteiger partial charge < -0.3 is 10.1 Å². The van der Waals surface area contributed by atoms with E-state index in [-0.39, 0.29) is 5.91 Å². The lowest BCUT2D eigenvalue weighted by Crippen LogP contribution is -2.18. The van der Waals surface area contributed by atoms with Crippen molar-refractivity contribution in [1.29, 1.82) is 0 Å².